The first kappa shape index (κ1) is 14.3. The Bertz CT molecular complexity index is 415. The van der Waals surface area contributed by atoms with Gasteiger partial charge in [-0.25, -0.2) is 0 Å². The number of methoxy groups -OCH3 is 1. The van der Waals surface area contributed by atoms with Crippen LogP contribution in [0.4, 0.5) is 0 Å². The Morgan fingerprint density at radius 1 is 1.33 bits per heavy atom. The summed E-state index contributed by atoms with van der Waals surface area (Å²) < 4.78 is 10.5. The second-order valence-electron chi connectivity index (χ2n) is 3.99. The number of nitrogens with zero attached hydrogens (tertiary/aromatic N) is 1. The largest absolute Gasteiger partial charge is 0.494 e. The molecule has 0 spiro atoms. The molecule has 18 heavy (non-hydrogen) atoms. The molecule has 0 aliphatic carbocycles. The van der Waals surface area contributed by atoms with Crippen LogP contribution in [-0.2, 0) is 4.74 Å². The molecule has 3 heteroatoms. The van der Waals surface area contributed by atoms with E-state index in [1.165, 1.54) is 0 Å². The molecule has 0 atom stereocenters. The number of ether oxygens (including phenoxy) is 2. The van der Waals surface area contributed by atoms with Gasteiger partial charge in [-0.1, -0.05) is 25.5 Å². The molecule has 0 unspecified atom stereocenters. The molecule has 0 saturated carbocycles. The molecule has 0 aliphatic heterocycles. The minimum Gasteiger partial charge on any atom is -0.494 e. The summed E-state index contributed by atoms with van der Waals surface area (Å²) in [7, 11) is 1.58. The molecule has 0 fully saturated rings. The Balaban J connectivity index is 2.62. The third-order valence-electron chi connectivity index (χ3n) is 2.43. The molecule has 96 valence electrons. The fourth-order valence-electron chi connectivity index (χ4n) is 1.46. The number of unbranched alkanes of at least 4 members (excludes halogenated alkanes) is 1. The number of nitriles is 1. The van der Waals surface area contributed by atoms with Crippen molar-refractivity contribution in [3.63, 3.8) is 0 Å². The Morgan fingerprint density at radius 2 is 2.06 bits per heavy atom. The molecule has 0 aromatic heterocycles. The summed E-state index contributed by atoms with van der Waals surface area (Å²) in [4.78, 5) is 0. The van der Waals surface area contributed by atoms with E-state index in [1.54, 1.807) is 7.11 Å². The summed E-state index contributed by atoms with van der Waals surface area (Å²) >= 11 is 0. The zero-order valence-corrected chi connectivity index (χ0v) is 11.0. The quantitative estimate of drug-likeness (QED) is 0.546. The van der Waals surface area contributed by atoms with Crippen molar-refractivity contribution in [2.24, 2.45) is 0 Å². The zero-order chi connectivity index (χ0) is 13.2. The van der Waals surface area contributed by atoms with Crippen molar-refractivity contribution in [2.45, 2.75) is 19.8 Å². The molecule has 0 bridgehead atoms. The summed E-state index contributed by atoms with van der Waals surface area (Å²) in [6.45, 7) is 3.22. The standard InChI is InChI=1S/C15H19NO2/c1-3-4-9-18-15-7-5-13(6-8-15)10-14(11-16)12-17-2/h5-8,10H,3-4,9,12H2,1-2H3/b14-10+. The maximum Gasteiger partial charge on any atom is 0.119 e. The average molecular weight is 245 g/mol. The van der Waals surface area contributed by atoms with E-state index < -0.39 is 0 Å². The highest BCUT2D eigenvalue weighted by Crippen LogP contribution is 2.15. The molecule has 1 aromatic carbocycles. The van der Waals surface area contributed by atoms with Crippen LogP contribution < -0.4 is 4.74 Å². The van der Waals surface area contributed by atoms with Gasteiger partial charge in [-0.15, -0.1) is 0 Å². The van der Waals surface area contributed by atoms with Crippen molar-refractivity contribution in [2.75, 3.05) is 20.3 Å². The summed E-state index contributed by atoms with van der Waals surface area (Å²) in [5, 5.41) is 8.89. The van der Waals surface area contributed by atoms with Gasteiger partial charge in [-0.05, 0) is 30.2 Å². The smallest absolute Gasteiger partial charge is 0.119 e. The molecule has 1 aromatic rings. The number of hydrogen-bond acceptors (Lipinski definition) is 3. The summed E-state index contributed by atoms with van der Waals surface area (Å²) in [5.74, 6) is 0.867. The number of benzene rings is 1. The second kappa shape index (κ2) is 8.32. The molecule has 0 heterocycles. The molecule has 0 aliphatic rings. The lowest BCUT2D eigenvalue weighted by Gasteiger charge is -2.05. The predicted molar refractivity (Wildman–Crippen MR) is 72.3 cm³/mol. The van der Waals surface area contributed by atoms with Crippen molar-refractivity contribution in [1.29, 1.82) is 5.26 Å². The van der Waals surface area contributed by atoms with Crippen LogP contribution in [0.3, 0.4) is 0 Å². The van der Waals surface area contributed by atoms with Crippen LogP contribution in [-0.4, -0.2) is 20.3 Å². The monoisotopic (exact) mass is 245 g/mol. The van der Waals surface area contributed by atoms with E-state index in [0.717, 1.165) is 30.8 Å². The lowest BCUT2D eigenvalue weighted by molar-refractivity contribution is 0.229. The summed E-state index contributed by atoms with van der Waals surface area (Å²) in [6.07, 6.45) is 4.01. The predicted octanol–water partition coefficient (Wildman–Crippen LogP) is 3.42. The van der Waals surface area contributed by atoms with Crippen LogP contribution >= 0.6 is 0 Å². The number of rotatable bonds is 7. The van der Waals surface area contributed by atoms with Crippen molar-refractivity contribution in [3.05, 3.63) is 35.4 Å². The topological polar surface area (TPSA) is 42.2 Å². The zero-order valence-electron chi connectivity index (χ0n) is 11.0. The normalized spacial score (nSPS) is 11.1. The van der Waals surface area contributed by atoms with Crippen LogP contribution in [0.1, 0.15) is 25.3 Å². The third-order valence-corrected chi connectivity index (χ3v) is 2.43. The maximum absolute atomic E-state index is 8.89. The first-order valence-corrected chi connectivity index (χ1v) is 6.12. The fourth-order valence-corrected chi connectivity index (χ4v) is 1.46. The molecular weight excluding hydrogens is 226 g/mol. The highest BCUT2D eigenvalue weighted by molar-refractivity contribution is 5.57. The molecule has 0 saturated heterocycles. The highest BCUT2D eigenvalue weighted by Gasteiger charge is 1.97. The van der Waals surface area contributed by atoms with Gasteiger partial charge in [0.2, 0.25) is 0 Å². The van der Waals surface area contributed by atoms with Gasteiger partial charge in [0.05, 0.1) is 24.9 Å². The Hall–Kier alpha value is -1.79. The molecule has 0 N–H and O–H groups in total. The van der Waals surface area contributed by atoms with Crippen molar-refractivity contribution in [3.8, 4) is 11.8 Å². The van der Waals surface area contributed by atoms with E-state index in [-0.39, 0.29) is 0 Å². The van der Waals surface area contributed by atoms with Gasteiger partial charge in [0.1, 0.15) is 5.75 Å². The first-order chi connectivity index (χ1) is 8.80. The van der Waals surface area contributed by atoms with Crippen LogP contribution in [0, 0.1) is 11.3 Å². The van der Waals surface area contributed by atoms with Crippen LogP contribution in [0.2, 0.25) is 0 Å². The van der Waals surface area contributed by atoms with Gasteiger partial charge >= 0.3 is 0 Å². The second-order valence-corrected chi connectivity index (χ2v) is 3.99. The number of hydrogen-bond donors (Lipinski definition) is 0. The van der Waals surface area contributed by atoms with Crippen LogP contribution in [0.15, 0.2) is 29.8 Å². The molecular formula is C15H19NO2. The Morgan fingerprint density at radius 3 is 2.61 bits per heavy atom. The van der Waals surface area contributed by atoms with Crippen molar-refractivity contribution in [1.82, 2.24) is 0 Å². The van der Waals surface area contributed by atoms with Gasteiger partial charge in [0.25, 0.3) is 0 Å². The molecule has 0 amide bonds. The third kappa shape index (κ3) is 5.03. The van der Waals surface area contributed by atoms with E-state index in [0.29, 0.717) is 12.2 Å². The van der Waals surface area contributed by atoms with Gasteiger partial charge in [-0.3, -0.25) is 0 Å². The van der Waals surface area contributed by atoms with E-state index in [9.17, 15) is 0 Å². The average Bonchev–Trinajstić information content (AvgIpc) is 2.40. The summed E-state index contributed by atoms with van der Waals surface area (Å²) in [6, 6.07) is 9.83. The van der Waals surface area contributed by atoms with E-state index in [2.05, 4.69) is 13.0 Å². The highest BCUT2D eigenvalue weighted by atomic mass is 16.5. The van der Waals surface area contributed by atoms with Crippen molar-refractivity contribution < 1.29 is 9.47 Å². The maximum atomic E-state index is 8.89. The lowest BCUT2D eigenvalue weighted by atomic mass is 10.1. The Kier molecular flexibility index (Phi) is 6.60. The van der Waals surface area contributed by atoms with E-state index in [1.807, 2.05) is 30.3 Å². The first-order valence-electron chi connectivity index (χ1n) is 6.12. The SMILES string of the molecule is CCCCOc1ccc(/C=C(\C#N)COC)cc1. The van der Waals surface area contributed by atoms with Gasteiger partial charge in [0, 0.05) is 7.11 Å². The van der Waals surface area contributed by atoms with Crippen LogP contribution in [0.5, 0.6) is 5.75 Å². The van der Waals surface area contributed by atoms with Gasteiger partial charge < -0.3 is 9.47 Å². The summed E-state index contributed by atoms with van der Waals surface area (Å²) in [5.41, 5.74) is 1.59. The van der Waals surface area contributed by atoms with Gasteiger partial charge in [0.15, 0.2) is 0 Å². The molecule has 1 rings (SSSR count). The fraction of sp³-hybridized carbons (Fsp3) is 0.400. The lowest BCUT2D eigenvalue weighted by Crippen LogP contribution is -1.96. The minimum absolute atomic E-state index is 0.339. The minimum atomic E-state index is 0.339. The Labute approximate surface area is 109 Å². The van der Waals surface area contributed by atoms with E-state index >= 15 is 0 Å². The molecule has 0 radical (unpaired) electrons. The van der Waals surface area contributed by atoms with E-state index in [4.69, 9.17) is 14.7 Å². The van der Waals surface area contributed by atoms with Gasteiger partial charge in [-0.2, -0.15) is 5.26 Å². The van der Waals surface area contributed by atoms with Crippen LogP contribution in [0.25, 0.3) is 6.08 Å². The molecule has 3 nitrogen and oxygen atoms in total. The van der Waals surface area contributed by atoms with Crippen molar-refractivity contribution >= 4 is 6.08 Å².